The number of benzene rings is 2. The number of nitrogens with zero attached hydrogens (tertiary/aromatic N) is 2. The standard InChI is InChI=1S/C26H25N3O4/c1-26(22-10-7-11-33-22)24(30)23(21-12-16-8-5-6-9-20(16)28-21)25(27-2)29(26)17-13-18(31-3)15-19(14-17)32-4/h5-11,13-15,28H,12H2,1-4H3. The first-order valence-electron chi connectivity index (χ1n) is 10.7. The summed E-state index contributed by atoms with van der Waals surface area (Å²) in [5, 5.41) is 3.44. The zero-order chi connectivity index (χ0) is 23.2. The van der Waals surface area contributed by atoms with Crippen LogP contribution in [0.3, 0.4) is 0 Å². The molecule has 3 heterocycles. The van der Waals surface area contributed by atoms with E-state index in [2.05, 4.69) is 16.4 Å². The topological polar surface area (TPSA) is 76.3 Å². The van der Waals surface area contributed by atoms with E-state index >= 15 is 0 Å². The molecule has 0 amide bonds. The highest BCUT2D eigenvalue weighted by molar-refractivity contribution is 6.37. The molecule has 2 aliphatic heterocycles. The highest BCUT2D eigenvalue weighted by Gasteiger charge is 2.56. The molecule has 1 atom stereocenters. The zero-order valence-electron chi connectivity index (χ0n) is 19.0. The Bertz CT molecular complexity index is 1240. The highest BCUT2D eigenvalue weighted by Crippen LogP contribution is 2.46. The Morgan fingerprint density at radius 2 is 1.79 bits per heavy atom. The van der Waals surface area contributed by atoms with Gasteiger partial charge in [-0.1, -0.05) is 18.2 Å². The van der Waals surface area contributed by atoms with E-state index in [1.54, 1.807) is 39.7 Å². The van der Waals surface area contributed by atoms with Gasteiger partial charge in [-0.2, -0.15) is 0 Å². The minimum absolute atomic E-state index is 0.0878. The van der Waals surface area contributed by atoms with Gasteiger partial charge in [0.05, 0.1) is 31.7 Å². The number of amidine groups is 1. The van der Waals surface area contributed by atoms with Crippen molar-refractivity contribution in [2.75, 3.05) is 31.5 Å². The molecule has 168 valence electrons. The molecule has 7 heteroatoms. The summed E-state index contributed by atoms with van der Waals surface area (Å²) in [6.45, 7) is 1.86. The quantitative estimate of drug-likeness (QED) is 0.596. The second-order valence-corrected chi connectivity index (χ2v) is 8.14. The summed E-state index contributed by atoms with van der Waals surface area (Å²) in [7, 11) is 4.90. The molecule has 0 aliphatic carbocycles. The minimum atomic E-state index is -1.14. The number of hydrogen-bond acceptors (Lipinski definition) is 6. The van der Waals surface area contributed by atoms with Crippen LogP contribution in [0, 0.1) is 0 Å². The van der Waals surface area contributed by atoms with Crippen LogP contribution in [-0.4, -0.2) is 32.9 Å². The van der Waals surface area contributed by atoms with Gasteiger partial charge in [-0.25, -0.2) is 0 Å². The maximum absolute atomic E-state index is 14.2. The lowest BCUT2D eigenvalue weighted by atomic mass is 9.91. The summed E-state index contributed by atoms with van der Waals surface area (Å²) >= 11 is 0. The second kappa shape index (κ2) is 7.85. The van der Waals surface area contributed by atoms with Gasteiger partial charge in [-0.15, -0.1) is 0 Å². The average molecular weight is 444 g/mol. The third-order valence-corrected chi connectivity index (χ3v) is 6.33. The molecule has 7 nitrogen and oxygen atoms in total. The largest absolute Gasteiger partial charge is 0.497 e. The first-order chi connectivity index (χ1) is 16.0. The van der Waals surface area contributed by atoms with Gasteiger partial charge in [-0.05, 0) is 30.7 Å². The molecule has 2 aromatic carbocycles. The van der Waals surface area contributed by atoms with Gasteiger partial charge >= 0.3 is 0 Å². The predicted molar refractivity (Wildman–Crippen MR) is 127 cm³/mol. The molecular formula is C26H25N3O4. The number of carbonyl (C=O) groups excluding carboxylic acids is 1. The SMILES string of the molecule is CN=C1C(=C2Cc3ccccc3N2)C(=O)C(C)(c2ccco2)N1c1cc(OC)cc(OC)c1. The van der Waals surface area contributed by atoms with Crippen molar-refractivity contribution in [3.8, 4) is 11.5 Å². The number of nitrogens with one attached hydrogen (secondary N) is 1. The number of ether oxygens (including phenoxy) is 2. The van der Waals surface area contributed by atoms with Gasteiger partial charge in [0, 0.05) is 43.1 Å². The Labute approximate surface area is 192 Å². The number of anilines is 2. The van der Waals surface area contributed by atoms with Crippen molar-refractivity contribution in [2.24, 2.45) is 4.99 Å². The monoisotopic (exact) mass is 443 g/mol. The molecule has 0 saturated carbocycles. The van der Waals surface area contributed by atoms with Crippen molar-refractivity contribution in [3.63, 3.8) is 0 Å². The third kappa shape index (κ3) is 3.11. The minimum Gasteiger partial charge on any atom is -0.497 e. The summed E-state index contributed by atoms with van der Waals surface area (Å²) in [5.74, 6) is 2.23. The lowest BCUT2D eigenvalue weighted by Gasteiger charge is -2.33. The van der Waals surface area contributed by atoms with Crippen LogP contribution in [0.4, 0.5) is 11.4 Å². The van der Waals surface area contributed by atoms with E-state index in [9.17, 15) is 4.79 Å². The van der Waals surface area contributed by atoms with Gasteiger partial charge in [0.15, 0.2) is 5.54 Å². The fraction of sp³-hybridized carbons (Fsp3) is 0.231. The summed E-state index contributed by atoms with van der Waals surface area (Å²) in [6.07, 6.45) is 2.20. The number of carbonyl (C=O) groups is 1. The number of fused-ring (bicyclic) bond motifs is 1. The zero-order valence-corrected chi connectivity index (χ0v) is 19.0. The van der Waals surface area contributed by atoms with Crippen molar-refractivity contribution < 1.29 is 18.7 Å². The molecule has 0 bridgehead atoms. The van der Waals surface area contributed by atoms with Gasteiger partial charge in [0.2, 0.25) is 5.78 Å². The van der Waals surface area contributed by atoms with E-state index in [-0.39, 0.29) is 5.78 Å². The number of ketones is 1. The number of allylic oxidation sites excluding steroid dienone is 1. The highest BCUT2D eigenvalue weighted by atomic mass is 16.5. The summed E-state index contributed by atoms with van der Waals surface area (Å²) in [4.78, 5) is 20.7. The Morgan fingerprint density at radius 1 is 1.06 bits per heavy atom. The van der Waals surface area contributed by atoms with Gasteiger partial charge in [0.25, 0.3) is 0 Å². The molecule has 5 rings (SSSR count). The van der Waals surface area contributed by atoms with E-state index in [0.29, 0.717) is 40.8 Å². The van der Waals surface area contributed by atoms with Crippen LogP contribution in [0.1, 0.15) is 18.2 Å². The fourth-order valence-electron chi connectivity index (χ4n) is 4.68. The molecule has 0 spiro atoms. The van der Waals surface area contributed by atoms with Crippen molar-refractivity contribution in [1.82, 2.24) is 0 Å². The van der Waals surface area contributed by atoms with Gasteiger partial charge < -0.3 is 24.1 Å². The first-order valence-corrected chi connectivity index (χ1v) is 10.7. The molecule has 1 N–H and O–H groups in total. The normalized spacial score (nSPS) is 23.1. The number of aliphatic imine (C=N–C) groups is 1. The smallest absolute Gasteiger partial charge is 0.201 e. The number of Topliss-reactive ketones (excluding diaryl/α,β-unsaturated/α-hetero) is 1. The molecule has 1 saturated heterocycles. The van der Waals surface area contributed by atoms with Gasteiger partial charge in [-0.3, -0.25) is 9.79 Å². The summed E-state index contributed by atoms with van der Waals surface area (Å²) < 4.78 is 16.8. The lowest BCUT2D eigenvalue weighted by molar-refractivity contribution is -0.119. The number of rotatable bonds is 4. The molecule has 1 aromatic heterocycles. The molecular weight excluding hydrogens is 418 g/mol. The van der Waals surface area contributed by atoms with Crippen LogP contribution in [0.2, 0.25) is 0 Å². The Hall–Kier alpha value is -4.00. The van der Waals surface area contributed by atoms with Crippen LogP contribution >= 0.6 is 0 Å². The summed E-state index contributed by atoms with van der Waals surface area (Å²) in [6, 6.07) is 17.2. The number of hydrogen-bond donors (Lipinski definition) is 1. The Kier molecular flexibility index (Phi) is 4.96. The van der Waals surface area contributed by atoms with Crippen molar-refractivity contribution >= 4 is 23.0 Å². The number of methoxy groups -OCH3 is 2. The predicted octanol–water partition coefficient (Wildman–Crippen LogP) is 4.55. The van der Waals surface area contributed by atoms with E-state index in [4.69, 9.17) is 13.9 Å². The van der Waals surface area contributed by atoms with Crippen molar-refractivity contribution in [1.29, 1.82) is 0 Å². The molecule has 1 fully saturated rings. The van der Waals surface area contributed by atoms with Crippen molar-refractivity contribution in [3.05, 3.63) is 83.5 Å². The van der Waals surface area contributed by atoms with E-state index < -0.39 is 5.54 Å². The first kappa shape index (κ1) is 20.9. The maximum atomic E-state index is 14.2. The van der Waals surface area contributed by atoms with Crippen molar-refractivity contribution in [2.45, 2.75) is 18.9 Å². The average Bonchev–Trinajstić information content (AvgIpc) is 3.56. The molecule has 2 aliphatic rings. The molecule has 0 radical (unpaired) electrons. The van der Waals surface area contributed by atoms with Crippen LogP contribution in [0.25, 0.3) is 0 Å². The number of furan rings is 1. The number of para-hydroxylation sites is 1. The van der Waals surface area contributed by atoms with E-state index in [1.807, 2.05) is 48.2 Å². The van der Waals surface area contributed by atoms with Crippen LogP contribution in [0.15, 0.2) is 81.5 Å². The van der Waals surface area contributed by atoms with Crippen LogP contribution in [0.5, 0.6) is 11.5 Å². The molecule has 3 aromatic rings. The van der Waals surface area contributed by atoms with Crippen LogP contribution in [-0.2, 0) is 16.8 Å². The molecule has 1 unspecified atom stereocenters. The Balaban J connectivity index is 1.74. The summed E-state index contributed by atoms with van der Waals surface area (Å²) in [5.41, 5.74) is 3.10. The Morgan fingerprint density at radius 3 is 2.39 bits per heavy atom. The van der Waals surface area contributed by atoms with Gasteiger partial charge in [0.1, 0.15) is 23.1 Å². The second-order valence-electron chi connectivity index (χ2n) is 8.14. The fourth-order valence-corrected chi connectivity index (χ4v) is 4.68. The lowest BCUT2D eigenvalue weighted by Crippen LogP contribution is -2.44. The molecule has 33 heavy (non-hydrogen) atoms. The van der Waals surface area contributed by atoms with E-state index in [1.165, 1.54) is 0 Å². The van der Waals surface area contributed by atoms with Crippen LogP contribution < -0.4 is 19.7 Å². The van der Waals surface area contributed by atoms with E-state index in [0.717, 1.165) is 16.9 Å². The third-order valence-electron chi connectivity index (χ3n) is 6.33. The maximum Gasteiger partial charge on any atom is 0.201 e.